The lowest BCUT2D eigenvalue weighted by Gasteiger charge is -2.43. The van der Waals surface area contributed by atoms with Crippen LogP contribution in [0.2, 0.25) is 15.1 Å². The normalized spacial score (nSPS) is 11.9. The SMILES string of the molecule is C.CC(C)(C)[Si](Cl)(c1ccccc1)c1ccccc1.CC(C)(C)[Si](OCCBr)(c1ccccc1)c1ccccc1.CC(C)(C)[Si](OCCI)(c1ccccc1)c1ccccc1.OCCBr. The zero-order valence-electron chi connectivity index (χ0n) is 39.3. The van der Waals surface area contributed by atoms with E-state index in [4.69, 9.17) is 25.0 Å². The fraction of sp³-hybridized carbons (Fsp3) is 0.345. The first-order chi connectivity index (χ1) is 30.4. The molecular formula is C55H74Br2ClIO3Si3. The third kappa shape index (κ3) is 15.4. The van der Waals surface area contributed by atoms with Crippen LogP contribution in [0, 0.1) is 0 Å². The first-order valence-corrected chi connectivity index (χ1v) is 32.6. The van der Waals surface area contributed by atoms with Gasteiger partial charge in [-0.05, 0) is 46.2 Å². The van der Waals surface area contributed by atoms with Gasteiger partial charge in [0.15, 0.2) is 0 Å². The minimum atomic E-state index is -2.30. The van der Waals surface area contributed by atoms with Crippen LogP contribution in [-0.4, -0.2) is 64.0 Å². The molecule has 0 amide bonds. The summed E-state index contributed by atoms with van der Waals surface area (Å²) in [6.07, 6.45) is 0. The molecule has 0 spiro atoms. The van der Waals surface area contributed by atoms with Crippen molar-refractivity contribution < 1.29 is 14.0 Å². The molecule has 0 aliphatic rings. The third-order valence-electron chi connectivity index (χ3n) is 11.1. The van der Waals surface area contributed by atoms with Crippen molar-refractivity contribution >= 4 is 121 Å². The van der Waals surface area contributed by atoms with Gasteiger partial charge in [-0.25, -0.2) is 0 Å². The Morgan fingerprint density at radius 3 is 0.846 bits per heavy atom. The molecule has 0 bridgehead atoms. The van der Waals surface area contributed by atoms with Crippen molar-refractivity contribution in [3.8, 4) is 0 Å². The van der Waals surface area contributed by atoms with E-state index in [1.807, 2.05) is 12.1 Å². The second-order valence-electron chi connectivity index (χ2n) is 18.5. The fourth-order valence-corrected chi connectivity index (χ4v) is 22.6. The monoisotopic (exact) mass is 1190 g/mol. The van der Waals surface area contributed by atoms with Gasteiger partial charge in [0.2, 0.25) is 7.38 Å². The summed E-state index contributed by atoms with van der Waals surface area (Å²) >= 11 is 16.1. The highest BCUT2D eigenvalue weighted by Crippen LogP contribution is 2.39. The minimum absolute atomic E-state index is 0. The summed E-state index contributed by atoms with van der Waals surface area (Å²) in [6.45, 7) is 22.3. The molecule has 0 aromatic heterocycles. The van der Waals surface area contributed by atoms with Crippen LogP contribution >= 0.6 is 65.5 Å². The van der Waals surface area contributed by atoms with Crippen molar-refractivity contribution in [3.63, 3.8) is 0 Å². The molecule has 0 radical (unpaired) electrons. The van der Waals surface area contributed by atoms with Crippen LogP contribution in [0.4, 0.5) is 0 Å². The van der Waals surface area contributed by atoms with Crippen LogP contribution in [0.1, 0.15) is 69.7 Å². The van der Waals surface area contributed by atoms with Crippen LogP contribution in [0.5, 0.6) is 0 Å². The van der Waals surface area contributed by atoms with Gasteiger partial charge in [0.25, 0.3) is 16.6 Å². The average Bonchev–Trinajstić information content (AvgIpc) is 3.30. The van der Waals surface area contributed by atoms with Gasteiger partial charge in [-0.3, -0.25) is 0 Å². The summed E-state index contributed by atoms with van der Waals surface area (Å²) in [7, 11) is -6.81. The summed E-state index contributed by atoms with van der Waals surface area (Å²) in [4.78, 5) is 0. The average molecular weight is 1190 g/mol. The van der Waals surface area contributed by atoms with E-state index in [1.54, 1.807) is 0 Å². The van der Waals surface area contributed by atoms with E-state index in [2.05, 4.69) is 287 Å². The van der Waals surface area contributed by atoms with Gasteiger partial charge >= 0.3 is 0 Å². The van der Waals surface area contributed by atoms with E-state index in [0.29, 0.717) is 5.33 Å². The Labute approximate surface area is 432 Å². The lowest BCUT2D eigenvalue weighted by atomic mass is 10.2. The van der Waals surface area contributed by atoms with Gasteiger partial charge in [-0.2, -0.15) is 11.1 Å². The van der Waals surface area contributed by atoms with E-state index in [9.17, 15) is 0 Å². The smallest absolute Gasteiger partial charge is 0.261 e. The molecule has 0 heterocycles. The molecule has 352 valence electrons. The molecule has 3 nitrogen and oxygen atoms in total. The Balaban J connectivity index is 0.000000320. The Bertz CT molecular complexity index is 1910. The summed E-state index contributed by atoms with van der Waals surface area (Å²) in [5.41, 5.74) is 0. The molecule has 0 aliphatic carbocycles. The highest BCUT2D eigenvalue weighted by Gasteiger charge is 2.51. The van der Waals surface area contributed by atoms with Crippen molar-refractivity contribution in [1.82, 2.24) is 0 Å². The molecule has 0 fully saturated rings. The van der Waals surface area contributed by atoms with Crippen molar-refractivity contribution in [2.75, 3.05) is 34.9 Å². The van der Waals surface area contributed by atoms with Gasteiger partial charge in [0.1, 0.15) is 0 Å². The minimum Gasteiger partial charge on any atom is -0.407 e. The van der Waals surface area contributed by atoms with Crippen molar-refractivity contribution in [2.24, 2.45) is 0 Å². The number of benzene rings is 6. The molecule has 10 heteroatoms. The van der Waals surface area contributed by atoms with Crippen LogP contribution in [-0.2, 0) is 8.85 Å². The van der Waals surface area contributed by atoms with Crippen LogP contribution in [0.15, 0.2) is 182 Å². The molecule has 65 heavy (non-hydrogen) atoms. The third-order valence-corrected chi connectivity index (χ3v) is 29.6. The maximum Gasteiger partial charge on any atom is 0.261 e. The quantitative estimate of drug-likeness (QED) is 0.0542. The highest BCUT2D eigenvalue weighted by atomic mass is 127. The molecule has 6 rings (SSSR count). The van der Waals surface area contributed by atoms with E-state index < -0.39 is 24.0 Å². The number of hydrogen-bond donors (Lipinski definition) is 1. The van der Waals surface area contributed by atoms with Crippen LogP contribution < -0.4 is 31.1 Å². The summed E-state index contributed by atoms with van der Waals surface area (Å²) < 4.78 is 14.3. The Kier molecular flexibility index (Phi) is 25.7. The first-order valence-electron chi connectivity index (χ1n) is 22.0. The zero-order chi connectivity index (χ0) is 47.3. The summed E-state index contributed by atoms with van der Waals surface area (Å²) in [5, 5.41) is 17.5. The second-order valence-corrected chi connectivity index (χ2v) is 35.4. The van der Waals surface area contributed by atoms with E-state index in [0.717, 1.165) is 23.0 Å². The Morgan fingerprint density at radius 2 is 0.662 bits per heavy atom. The van der Waals surface area contributed by atoms with E-state index in [-0.39, 0.29) is 29.1 Å². The molecular weight excluding hydrogens is 1120 g/mol. The largest absolute Gasteiger partial charge is 0.407 e. The fourth-order valence-electron chi connectivity index (χ4n) is 8.27. The van der Waals surface area contributed by atoms with Gasteiger partial charge in [0, 0.05) is 28.3 Å². The highest BCUT2D eigenvalue weighted by molar-refractivity contribution is 14.1. The molecule has 6 aromatic rings. The molecule has 6 aromatic carbocycles. The number of hydrogen-bond acceptors (Lipinski definition) is 3. The molecule has 1 N–H and O–H groups in total. The standard InChI is InChI=1S/C18H23BrOSi.C18H23IOSi.C16H19ClSi.C2H5BrO.CH4/c2*1-18(2,3)21(20-15-14-19,16-10-6-4-7-11-16)17-12-8-5-9-13-17;1-16(2,3)18(17,14-10-6-4-7-11-14)15-12-8-5-9-13-15;3-1-2-4;/h2*4-13H,14-15H2,1-3H3;4-13H,1-3H3;4H,1-2H2;1H4. The topological polar surface area (TPSA) is 38.7 Å². The lowest BCUT2D eigenvalue weighted by molar-refractivity contribution is 0.323. The van der Waals surface area contributed by atoms with Gasteiger partial charge in [0.05, 0.1) is 6.61 Å². The van der Waals surface area contributed by atoms with Crippen molar-refractivity contribution in [3.05, 3.63) is 182 Å². The van der Waals surface area contributed by atoms with Crippen molar-refractivity contribution in [1.29, 1.82) is 0 Å². The molecule has 0 unspecified atom stereocenters. The maximum absolute atomic E-state index is 7.83. The molecule has 0 aliphatic heterocycles. The number of halogens is 4. The van der Waals surface area contributed by atoms with Gasteiger partial charge in [-0.15, -0.1) is 0 Å². The number of aliphatic hydroxyl groups is 1. The zero-order valence-corrected chi connectivity index (χ0v) is 48.4. The summed E-state index contributed by atoms with van der Waals surface area (Å²) in [5.74, 6) is 0. The van der Waals surface area contributed by atoms with Crippen LogP contribution in [0.25, 0.3) is 0 Å². The maximum atomic E-state index is 7.83. The Hall–Kier alpha value is -2.17. The lowest BCUT2D eigenvalue weighted by Crippen LogP contribution is -2.66. The molecule has 0 atom stereocenters. The number of rotatable bonds is 13. The predicted molar refractivity (Wildman–Crippen MR) is 311 cm³/mol. The number of alkyl halides is 3. The van der Waals surface area contributed by atoms with Crippen LogP contribution in [0.3, 0.4) is 0 Å². The second kappa shape index (κ2) is 28.4. The first kappa shape index (κ1) is 59.0. The van der Waals surface area contributed by atoms with Crippen molar-refractivity contribution in [2.45, 2.75) is 84.9 Å². The van der Waals surface area contributed by atoms with E-state index in [1.165, 1.54) is 31.1 Å². The van der Waals surface area contributed by atoms with E-state index >= 15 is 0 Å². The molecule has 0 saturated carbocycles. The van der Waals surface area contributed by atoms with Gasteiger partial charge < -0.3 is 14.0 Å². The summed E-state index contributed by atoms with van der Waals surface area (Å²) in [6, 6.07) is 64.1. The van der Waals surface area contributed by atoms with Gasteiger partial charge in [-0.1, -0.05) is 306 Å². The number of aliphatic hydroxyl groups excluding tert-OH is 1. The Morgan fingerprint density at radius 1 is 0.431 bits per heavy atom. The predicted octanol–water partition coefficient (Wildman–Crippen LogP) is 12.8. The molecule has 0 saturated heterocycles.